The van der Waals surface area contributed by atoms with Gasteiger partial charge in [0.25, 0.3) is 0 Å². The van der Waals surface area contributed by atoms with Gasteiger partial charge in [-0.1, -0.05) is 366 Å². The molecule has 1 amide bonds. The normalized spacial score (nSPS) is 12.5. The number of esters is 1. The zero-order chi connectivity index (χ0) is 57.1. The summed E-state index contributed by atoms with van der Waals surface area (Å²) in [6, 6.07) is -0.544. The van der Waals surface area contributed by atoms with Crippen LogP contribution in [0.5, 0.6) is 0 Å². The van der Waals surface area contributed by atoms with Gasteiger partial charge in [0.15, 0.2) is 0 Å². The molecule has 2 atom stereocenters. The number of rotatable bonds is 69. The Bertz CT molecular complexity index is 1190. The van der Waals surface area contributed by atoms with Crippen molar-refractivity contribution in [3.63, 3.8) is 0 Å². The summed E-state index contributed by atoms with van der Waals surface area (Å²) < 4.78 is 5.50. The minimum Gasteiger partial charge on any atom is -0.466 e. The van der Waals surface area contributed by atoms with Crippen LogP contribution in [-0.2, 0) is 14.3 Å². The number of allylic oxidation sites excluding steroid dienone is 2. The zero-order valence-corrected chi connectivity index (χ0v) is 53.9. The van der Waals surface area contributed by atoms with E-state index in [2.05, 4.69) is 31.3 Å². The summed E-state index contributed by atoms with van der Waals surface area (Å²) in [7, 11) is 0. The molecule has 0 saturated heterocycles. The van der Waals surface area contributed by atoms with Crippen LogP contribution in [0, 0.1) is 0 Å². The van der Waals surface area contributed by atoms with E-state index in [0.717, 1.165) is 44.9 Å². The summed E-state index contributed by atoms with van der Waals surface area (Å²) in [4.78, 5) is 24.7. The molecule has 0 spiro atoms. The molecule has 0 bridgehead atoms. The molecule has 0 aliphatic heterocycles. The molecule has 79 heavy (non-hydrogen) atoms. The highest BCUT2D eigenvalue weighted by Crippen LogP contribution is 2.19. The molecule has 0 heterocycles. The molecule has 6 heteroatoms. The Labute approximate surface area is 495 Å². The van der Waals surface area contributed by atoms with Crippen molar-refractivity contribution in [2.75, 3.05) is 13.2 Å². The van der Waals surface area contributed by atoms with Crippen LogP contribution >= 0.6 is 0 Å². The number of carbonyl (C=O) groups is 2. The summed E-state index contributed by atoms with van der Waals surface area (Å²) in [5.74, 6) is -0.0220. The maximum absolute atomic E-state index is 12.6. The molecule has 0 aromatic carbocycles. The van der Waals surface area contributed by atoms with Gasteiger partial charge in [-0.3, -0.25) is 9.59 Å². The maximum atomic E-state index is 12.6. The van der Waals surface area contributed by atoms with Gasteiger partial charge in [-0.05, 0) is 51.4 Å². The summed E-state index contributed by atoms with van der Waals surface area (Å²) in [6.07, 6.45) is 85.4. The van der Waals surface area contributed by atoms with Gasteiger partial charge in [0.05, 0.1) is 25.4 Å². The van der Waals surface area contributed by atoms with Crippen LogP contribution < -0.4 is 5.32 Å². The summed E-state index contributed by atoms with van der Waals surface area (Å²) >= 11 is 0. The lowest BCUT2D eigenvalue weighted by Crippen LogP contribution is -2.45. The highest BCUT2D eigenvalue weighted by Gasteiger charge is 2.20. The van der Waals surface area contributed by atoms with Crippen molar-refractivity contribution in [2.45, 2.75) is 431 Å². The monoisotopic (exact) mass is 1110 g/mol. The number of hydrogen-bond donors (Lipinski definition) is 3. The number of aliphatic hydroxyl groups is 2. The molecular formula is C73H143NO5. The minimum absolute atomic E-state index is 0.00931. The molecule has 0 fully saturated rings. The Hall–Kier alpha value is -1.40. The Morgan fingerprint density at radius 1 is 0.342 bits per heavy atom. The fourth-order valence-corrected chi connectivity index (χ4v) is 11.8. The smallest absolute Gasteiger partial charge is 0.305 e. The van der Waals surface area contributed by atoms with Crippen molar-refractivity contribution < 1.29 is 24.5 Å². The highest BCUT2D eigenvalue weighted by atomic mass is 16.5. The van der Waals surface area contributed by atoms with Gasteiger partial charge in [-0.15, -0.1) is 0 Å². The average Bonchev–Trinajstić information content (AvgIpc) is 3.45. The second kappa shape index (κ2) is 69.1. The lowest BCUT2D eigenvalue weighted by atomic mass is 10.0. The first-order chi connectivity index (χ1) is 39.0. The van der Waals surface area contributed by atoms with Gasteiger partial charge in [-0.2, -0.15) is 0 Å². The van der Waals surface area contributed by atoms with E-state index in [1.54, 1.807) is 0 Å². The van der Waals surface area contributed by atoms with Crippen molar-refractivity contribution in [1.29, 1.82) is 0 Å². The van der Waals surface area contributed by atoms with E-state index in [0.29, 0.717) is 25.9 Å². The lowest BCUT2D eigenvalue weighted by Gasteiger charge is -2.22. The zero-order valence-electron chi connectivity index (χ0n) is 53.9. The molecule has 470 valence electrons. The van der Waals surface area contributed by atoms with Crippen LogP contribution in [0.2, 0.25) is 0 Å². The van der Waals surface area contributed by atoms with Crippen molar-refractivity contribution in [2.24, 2.45) is 0 Å². The third-order valence-electron chi connectivity index (χ3n) is 17.3. The van der Waals surface area contributed by atoms with Gasteiger partial charge in [0.2, 0.25) is 5.91 Å². The van der Waals surface area contributed by atoms with Gasteiger partial charge in [0, 0.05) is 12.8 Å². The molecule has 0 aromatic rings. The Balaban J connectivity index is 3.38. The first-order valence-corrected chi connectivity index (χ1v) is 36.4. The van der Waals surface area contributed by atoms with Crippen molar-refractivity contribution >= 4 is 11.9 Å². The molecule has 0 radical (unpaired) electrons. The van der Waals surface area contributed by atoms with Crippen LogP contribution in [0.4, 0.5) is 0 Å². The summed E-state index contributed by atoms with van der Waals surface area (Å²) in [5, 5.41) is 23.5. The molecule has 3 N–H and O–H groups in total. The first kappa shape index (κ1) is 77.6. The van der Waals surface area contributed by atoms with Crippen LogP contribution in [-0.4, -0.2) is 47.4 Å². The largest absolute Gasteiger partial charge is 0.466 e. The molecular weight excluding hydrogens is 971 g/mol. The standard InChI is InChI=1S/C73H143NO5/c1-3-5-7-9-11-13-15-17-19-21-23-24-25-26-27-30-33-37-41-45-49-53-57-61-65-71(76)70(69-75)74-72(77)66-62-58-54-50-46-42-38-34-31-28-29-32-36-40-44-48-52-56-60-64-68-79-73(78)67-63-59-55-51-47-43-39-35-22-20-18-16-14-12-10-8-6-4-2/h20,22,70-71,75-76H,3-19,21,23-69H2,1-2H3,(H,74,77)/b22-20-. The summed E-state index contributed by atoms with van der Waals surface area (Å²) in [6.45, 7) is 4.99. The van der Waals surface area contributed by atoms with E-state index in [4.69, 9.17) is 4.74 Å². The number of hydrogen-bond acceptors (Lipinski definition) is 5. The van der Waals surface area contributed by atoms with E-state index in [1.807, 2.05) is 0 Å². The molecule has 6 nitrogen and oxygen atoms in total. The quantitative estimate of drug-likeness (QED) is 0.0320. The predicted octanol–water partition coefficient (Wildman–Crippen LogP) is 23.5. The maximum Gasteiger partial charge on any atom is 0.305 e. The minimum atomic E-state index is -0.667. The highest BCUT2D eigenvalue weighted by molar-refractivity contribution is 5.76. The fourth-order valence-electron chi connectivity index (χ4n) is 11.8. The number of carbonyl (C=O) groups excluding carboxylic acids is 2. The van der Waals surface area contributed by atoms with Crippen molar-refractivity contribution in [1.82, 2.24) is 5.32 Å². The fraction of sp³-hybridized carbons (Fsp3) is 0.945. The Morgan fingerprint density at radius 2 is 0.595 bits per heavy atom. The van der Waals surface area contributed by atoms with E-state index in [-0.39, 0.29) is 18.5 Å². The third kappa shape index (κ3) is 65.6. The van der Waals surface area contributed by atoms with Gasteiger partial charge >= 0.3 is 5.97 Å². The molecule has 0 aromatic heterocycles. The van der Waals surface area contributed by atoms with Crippen molar-refractivity contribution in [3.8, 4) is 0 Å². The second-order valence-electron chi connectivity index (χ2n) is 25.3. The Kier molecular flexibility index (Phi) is 67.9. The van der Waals surface area contributed by atoms with E-state index < -0.39 is 12.1 Å². The van der Waals surface area contributed by atoms with Crippen LogP contribution in [0.1, 0.15) is 418 Å². The van der Waals surface area contributed by atoms with E-state index in [1.165, 1.54) is 340 Å². The SMILES string of the molecule is CCCCCCCCC/C=C\CCCCCCCCCC(=O)OCCCCCCCCCCCCCCCCCCCCCCC(=O)NC(CO)C(O)CCCCCCCCCCCCCCCCCCCCCCCCCC. The molecule has 2 unspecified atom stereocenters. The van der Waals surface area contributed by atoms with Crippen LogP contribution in [0.15, 0.2) is 12.2 Å². The van der Waals surface area contributed by atoms with Gasteiger partial charge in [-0.25, -0.2) is 0 Å². The van der Waals surface area contributed by atoms with E-state index in [9.17, 15) is 19.8 Å². The van der Waals surface area contributed by atoms with Crippen LogP contribution in [0.25, 0.3) is 0 Å². The molecule has 0 aliphatic carbocycles. The second-order valence-corrected chi connectivity index (χ2v) is 25.3. The van der Waals surface area contributed by atoms with Crippen molar-refractivity contribution in [3.05, 3.63) is 12.2 Å². The topological polar surface area (TPSA) is 95.9 Å². The number of amides is 1. The van der Waals surface area contributed by atoms with Gasteiger partial charge in [0.1, 0.15) is 0 Å². The number of nitrogens with one attached hydrogen (secondary N) is 1. The third-order valence-corrected chi connectivity index (χ3v) is 17.3. The Morgan fingerprint density at radius 3 is 0.899 bits per heavy atom. The molecule has 0 aliphatic rings. The molecule has 0 rings (SSSR count). The predicted molar refractivity (Wildman–Crippen MR) is 347 cm³/mol. The van der Waals surface area contributed by atoms with Crippen LogP contribution in [0.3, 0.4) is 0 Å². The number of ether oxygens (including phenoxy) is 1. The molecule has 0 saturated carbocycles. The first-order valence-electron chi connectivity index (χ1n) is 36.4. The average molecular weight is 1110 g/mol. The number of unbranched alkanes of at least 4 members (excludes halogenated alkanes) is 56. The van der Waals surface area contributed by atoms with E-state index >= 15 is 0 Å². The van der Waals surface area contributed by atoms with Gasteiger partial charge < -0.3 is 20.3 Å². The summed E-state index contributed by atoms with van der Waals surface area (Å²) in [5.41, 5.74) is 0. The lowest BCUT2D eigenvalue weighted by molar-refractivity contribution is -0.143. The number of aliphatic hydroxyl groups excluding tert-OH is 2.